The van der Waals surface area contributed by atoms with E-state index >= 15 is 0 Å². The van der Waals surface area contributed by atoms with Crippen molar-refractivity contribution in [1.29, 1.82) is 0 Å². The molecular formula is C17H17BrF2N2O6. The number of rotatable bonds is 5. The molecule has 0 radical (unpaired) electrons. The fourth-order valence-corrected chi connectivity index (χ4v) is 3.43. The first kappa shape index (κ1) is 20.8. The lowest BCUT2D eigenvalue weighted by molar-refractivity contribution is -0.0578. The van der Waals surface area contributed by atoms with Crippen LogP contribution < -0.4 is 11.2 Å². The lowest BCUT2D eigenvalue weighted by Crippen LogP contribution is -2.46. The predicted molar refractivity (Wildman–Crippen MR) is 96.0 cm³/mol. The minimum Gasteiger partial charge on any atom is -0.394 e. The summed E-state index contributed by atoms with van der Waals surface area (Å²) >= 11 is 2.92. The van der Waals surface area contributed by atoms with Gasteiger partial charge in [0.15, 0.2) is 6.23 Å². The largest absolute Gasteiger partial charge is 0.394 e. The number of alkyl halides is 2. The molecule has 1 aliphatic heterocycles. The number of ether oxygens (including phenoxy) is 1. The Labute approximate surface area is 165 Å². The molecule has 1 fully saturated rings. The van der Waals surface area contributed by atoms with E-state index in [1.165, 1.54) is 24.3 Å². The van der Waals surface area contributed by atoms with Crippen LogP contribution >= 0.6 is 15.9 Å². The fraction of sp³-hybridized carbons (Fsp3) is 0.412. The summed E-state index contributed by atoms with van der Waals surface area (Å²) in [4.78, 5) is 25.0. The van der Waals surface area contributed by atoms with Crippen LogP contribution in [-0.4, -0.2) is 49.4 Å². The molecule has 8 nitrogen and oxygen atoms in total. The minimum absolute atomic E-state index is 0.214. The summed E-state index contributed by atoms with van der Waals surface area (Å²) in [5.74, 6) is -3.52. The fourth-order valence-electron chi connectivity index (χ4n) is 2.99. The third-order valence-corrected chi connectivity index (χ3v) is 5.04. The number of benzene rings is 1. The van der Waals surface area contributed by atoms with Crippen LogP contribution in [0, 0.1) is 0 Å². The summed E-state index contributed by atoms with van der Waals surface area (Å²) in [6.45, 7) is -1.86. The van der Waals surface area contributed by atoms with Crippen molar-refractivity contribution in [3.05, 3.63) is 67.4 Å². The maximum absolute atomic E-state index is 14.6. The molecule has 1 aliphatic rings. The molecule has 4 atom stereocenters. The molecular weight excluding hydrogens is 446 g/mol. The van der Waals surface area contributed by atoms with Gasteiger partial charge in [0.1, 0.15) is 18.3 Å². The molecule has 1 saturated heterocycles. The Balaban J connectivity index is 2.04. The predicted octanol–water partition coefficient (Wildman–Crippen LogP) is 0.176. The van der Waals surface area contributed by atoms with Crippen molar-refractivity contribution in [2.24, 2.45) is 0 Å². The minimum atomic E-state index is -3.52. The number of aliphatic hydroxyl groups is 3. The summed E-state index contributed by atoms with van der Waals surface area (Å²) in [7, 11) is 0. The summed E-state index contributed by atoms with van der Waals surface area (Å²) in [5, 5.41) is 29.1. The third-order valence-electron chi connectivity index (χ3n) is 4.50. The molecule has 3 N–H and O–H groups in total. The van der Waals surface area contributed by atoms with E-state index in [-0.39, 0.29) is 10.0 Å². The van der Waals surface area contributed by atoms with Gasteiger partial charge in [-0.05, 0) is 15.9 Å². The Morgan fingerprint density at radius 2 is 1.79 bits per heavy atom. The molecule has 2 aromatic rings. The highest BCUT2D eigenvalue weighted by molar-refractivity contribution is 9.10. The van der Waals surface area contributed by atoms with Crippen LogP contribution in [0.15, 0.2) is 50.6 Å². The first-order valence-electron chi connectivity index (χ1n) is 8.24. The van der Waals surface area contributed by atoms with Crippen molar-refractivity contribution in [2.75, 3.05) is 6.61 Å². The first-order chi connectivity index (χ1) is 13.2. The standard InChI is InChI=1S/C17H17BrF2N2O6/c18-10-6-21(15-13(25)12(24)11(7-23)28-15)16(27)22(14(10)26)8-17(19,20)9-4-2-1-3-5-9/h1-6,11-13,15,23-25H,7-8H2/t11-,12?,13+,15-/m1/s1. The second-order valence-corrected chi connectivity index (χ2v) is 7.21. The molecule has 28 heavy (non-hydrogen) atoms. The Kier molecular flexibility index (Phi) is 5.82. The van der Waals surface area contributed by atoms with E-state index in [9.17, 15) is 33.7 Å². The van der Waals surface area contributed by atoms with E-state index in [4.69, 9.17) is 4.74 Å². The molecule has 1 aromatic carbocycles. The van der Waals surface area contributed by atoms with Gasteiger partial charge in [-0.25, -0.2) is 4.79 Å². The average molecular weight is 463 g/mol. The third kappa shape index (κ3) is 3.67. The van der Waals surface area contributed by atoms with Gasteiger partial charge in [0.25, 0.3) is 11.5 Å². The first-order valence-corrected chi connectivity index (χ1v) is 9.04. The number of aliphatic hydroxyl groups excluding tert-OH is 3. The molecule has 11 heteroatoms. The highest BCUT2D eigenvalue weighted by Crippen LogP contribution is 2.30. The zero-order chi connectivity index (χ0) is 20.6. The van der Waals surface area contributed by atoms with E-state index in [1.807, 2.05) is 0 Å². The summed E-state index contributed by atoms with van der Waals surface area (Å²) in [6, 6.07) is 6.72. The molecule has 152 valence electrons. The van der Waals surface area contributed by atoms with Crippen LogP contribution in [0.4, 0.5) is 8.78 Å². The number of hydrogen-bond acceptors (Lipinski definition) is 6. The van der Waals surface area contributed by atoms with Gasteiger partial charge < -0.3 is 20.1 Å². The van der Waals surface area contributed by atoms with E-state index in [1.54, 1.807) is 6.07 Å². The number of hydrogen-bond donors (Lipinski definition) is 3. The zero-order valence-electron chi connectivity index (χ0n) is 14.3. The van der Waals surface area contributed by atoms with Gasteiger partial charge >= 0.3 is 5.69 Å². The average Bonchev–Trinajstić information content (AvgIpc) is 2.97. The Hall–Kier alpha value is -1.92. The molecule has 0 bridgehead atoms. The maximum atomic E-state index is 14.6. The number of nitrogens with zero attached hydrogens (tertiary/aromatic N) is 2. The molecule has 0 amide bonds. The van der Waals surface area contributed by atoms with E-state index in [2.05, 4.69) is 15.9 Å². The van der Waals surface area contributed by atoms with E-state index < -0.39 is 54.9 Å². The van der Waals surface area contributed by atoms with Gasteiger partial charge in [-0.2, -0.15) is 8.78 Å². The van der Waals surface area contributed by atoms with Gasteiger partial charge in [0.2, 0.25) is 0 Å². The van der Waals surface area contributed by atoms with Crippen LogP contribution in [0.2, 0.25) is 0 Å². The van der Waals surface area contributed by atoms with Crippen molar-refractivity contribution >= 4 is 15.9 Å². The Morgan fingerprint density at radius 3 is 2.36 bits per heavy atom. The van der Waals surface area contributed by atoms with Crippen LogP contribution in [0.1, 0.15) is 11.8 Å². The monoisotopic (exact) mass is 462 g/mol. The number of halogens is 3. The molecule has 1 aromatic heterocycles. The topological polar surface area (TPSA) is 114 Å². The second kappa shape index (κ2) is 7.84. The normalized spacial score (nSPS) is 25.2. The molecule has 2 heterocycles. The lowest BCUT2D eigenvalue weighted by Gasteiger charge is -2.22. The Bertz CT molecular complexity index is 964. The van der Waals surface area contributed by atoms with E-state index in [0.717, 1.165) is 10.8 Å². The van der Waals surface area contributed by atoms with Gasteiger partial charge in [0, 0.05) is 11.8 Å². The van der Waals surface area contributed by atoms with Crippen LogP contribution in [0.25, 0.3) is 0 Å². The molecule has 0 saturated carbocycles. The van der Waals surface area contributed by atoms with E-state index in [0.29, 0.717) is 4.57 Å². The summed E-state index contributed by atoms with van der Waals surface area (Å²) < 4.78 is 35.3. The SMILES string of the molecule is O=c1c(Br)cn([C@@H]2O[C@H](CO)C(O)[C@@H]2O)c(=O)n1CC(F)(F)c1ccccc1. The summed E-state index contributed by atoms with van der Waals surface area (Å²) in [6.07, 6.45) is -4.75. The molecule has 0 spiro atoms. The van der Waals surface area contributed by atoms with Gasteiger partial charge in [-0.1, -0.05) is 30.3 Å². The van der Waals surface area contributed by atoms with Crippen LogP contribution in [0.3, 0.4) is 0 Å². The maximum Gasteiger partial charge on any atom is 0.333 e. The van der Waals surface area contributed by atoms with Gasteiger partial charge in [0.05, 0.1) is 17.6 Å². The molecule has 1 unspecified atom stereocenters. The van der Waals surface area contributed by atoms with Crippen molar-refractivity contribution in [1.82, 2.24) is 9.13 Å². The summed E-state index contributed by atoms with van der Waals surface area (Å²) in [5.41, 5.74) is -2.51. The number of aromatic nitrogens is 2. The van der Waals surface area contributed by atoms with Crippen molar-refractivity contribution in [3.8, 4) is 0 Å². The highest BCUT2D eigenvalue weighted by Gasteiger charge is 2.44. The van der Waals surface area contributed by atoms with Crippen molar-refractivity contribution < 1.29 is 28.8 Å². The zero-order valence-corrected chi connectivity index (χ0v) is 15.9. The molecule has 3 rings (SSSR count). The van der Waals surface area contributed by atoms with Crippen LogP contribution in [0.5, 0.6) is 0 Å². The quantitative estimate of drug-likeness (QED) is 0.583. The van der Waals surface area contributed by atoms with Gasteiger partial charge in [-0.15, -0.1) is 0 Å². The highest BCUT2D eigenvalue weighted by atomic mass is 79.9. The van der Waals surface area contributed by atoms with Crippen molar-refractivity contribution in [3.63, 3.8) is 0 Å². The molecule has 0 aliphatic carbocycles. The van der Waals surface area contributed by atoms with Crippen LogP contribution in [-0.2, 0) is 17.2 Å². The Morgan fingerprint density at radius 1 is 1.14 bits per heavy atom. The van der Waals surface area contributed by atoms with Gasteiger partial charge in [-0.3, -0.25) is 13.9 Å². The second-order valence-electron chi connectivity index (χ2n) is 6.36. The van der Waals surface area contributed by atoms with Crippen molar-refractivity contribution in [2.45, 2.75) is 37.0 Å². The smallest absolute Gasteiger partial charge is 0.333 e. The lowest BCUT2D eigenvalue weighted by atomic mass is 10.1.